The number of allylic oxidation sites excluding steroid dienone is 6. The molecule has 442 valence electrons. The highest BCUT2D eigenvalue weighted by Gasteiger charge is 2.53. The van der Waals surface area contributed by atoms with Crippen LogP contribution < -0.4 is 0 Å². The minimum Gasteiger partial charge on any atom is -0.460 e. The van der Waals surface area contributed by atoms with Crippen LogP contribution in [-0.2, 0) is 67.2 Å². The molecule has 0 radical (unpaired) electrons. The van der Waals surface area contributed by atoms with Crippen LogP contribution in [0.15, 0.2) is 47.6 Å². The molecule has 3 heterocycles. The van der Waals surface area contributed by atoms with Gasteiger partial charge in [0.15, 0.2) is 11.5 Å². The number of carbonyl (C=O) groups is 6. The Kier molecular flexibility index (Phi) is 26.6. The first-order chi connectivity index (χ1) is 36.8. The number of ether oxygens (including phenoxy) is 6. The van der Waals surface area contributed by atoms with Gasteiger partial charge in [-0.2, -0.15) is 4.31 Å². The van der Waals surface area contributed by atoms with Gasteiger partial charge in [-0.15, -0.1) is 0 Å². The molecule has 3 aliphatic heterocycles. The van der Waals surface area contributed by atoms with Gasteiger partial charge in [0.25, 0.3) is 11.7 Å². The molecule has 21 heteroatoms. The van der Waals surface area contributed by atoms with Crippen molar-refractivity contribution in [1.82, 2.24) is 9.21 Å². The smallest absolute Gasteiger partial charge is 0.329 e. The number of fused-ring (bicyclic) bond motifs is 3. The van der Waals surface area contributed by atoms with E-state index in [0.29, 0.717) is 56.9 Å². The normalized spacial score (nSPS) is 35.9. The summed E-state index contributed by atoms with van der Waals surface area (Å²) in [6, 6.07) is -1.24. The quantitative estimate of drug-likeness (QED) is 0.107. The molecule has 78 heavy (non-hydrogen) atoms. The number of piperidine rings is 1. The zero-order chi connectivity index (χ0) is 58.1. The monoisotopic (exact) mass is 1120 g/mol. The molecule has 0 aromatic rings. The number of aliphatic hydroxyl groups excluding tert-OH is 3. The van der Waals surface area contributed by atoms with Crippen LogP contribution in [0.4, 0.5) is 0 Å². The van der Waals surface area contributed by atoms with Crippen LogP contribution in [0.25, 0.3) is 0 Å². The fourth-order valence-corrected chi connectivity index (χ4v) is 12.6. The van der Waals surface area contributed by atoms with E-state index in [0.717, 1.165) is 14.8 Å². The van der Waals surface area contributed by atoms with E-state index in [9.17, 15) is 57.6 Å². The number of cyclic esters (lactones) is 1. The number of methoxy groups -OCH3 is 3. The molecule has 1 saturated carbocycles. The van der Waals surface area contributed by atoms with Crippen LogP contribution in [0, 0.1) is 35.5 Å². The van der Waals surface area contributed by atoms with Gasteiger partial charge in [0, 0.05) is 71.6 Å². The third-order valence-corrected chi connectivity index (χ3v) is 17.9. The van der Waals surface area contributed by atoms with E-state index in [4.69, 9.17) is 28.4 Å². The van der Waals surface area contributed by atoms with Gasteiger partial charge in [-0.05, 0) is 107 Å². The maximum atomic E-state index is 14.6. The van der Waals surface area contributed by atoms with Gasteiger partial charge < -0.3 is 53.7 Å². The van der Waals surface area contributed by atoms with Crippen molar-refractivity contribution in [3.05, 3.63) is 47.6 Å². The summed E-state index contributed by atoms with van der Waals surface area (Å²) >= 11 is 0. The molecular weight excluding hydrogens is 1030 g/mol. The van der Waals surface area contributed by atoms with Crippen molar-refractivity contribution in [3.8, 4) is 0 Å². The third-order valence-electron chi connectivity index (χ3n) is 16.1. The second-order valence-corrected chi connectivity index (χ2v) is 24.1. The molecule has 0 spiro atoms. The van der Waals surface area contributed by atoms with Gasteiger partial charge in [-0.1, -0.05) is 71.1 Å². The maximum Gasteiger partial charge on any atom is 0.329 e. The number of rotatable bonds is 14. The molecule has 0 aromatic carbocycles. The number of amides is 1. The summed E-state index contributed by atoms with van der Waals surface area (Å²) in [6.07, 6.45) is 8.66. The Balaban J connectivity index is 1.67. The molecule has 20 nitrogen and oxygen atoms in total. The van der Waals surface area contributed by atoms with Crippen molar-refractivity contribution in [1.29, 1.82) is 0 Å². The molecule has 4 aliphatic rings. The number of hydrogen-bond acceptors (Lipinski definition) is 18. The first-order valence-corrected chi connectivity index (χ1v) is 29.3. The number of hydrogen-bond donors (Lipinski definition) is 4. The Morgan fingerprint density at radius 1 is 0.859 bits per heavy atom. The summed E-state index contributed by atoms with van der Waals surface area (Å²) in [5.41, 5.74) is 1.17. The van der Waals surface area contributed by atoms with Gasteiger partial charge >= 0.3 is 11.9 Å². The highest BCUT2D eigenvalue weighted by atomic mass is 32.2. The largest absolute Gasteiger partial charge is 0.460 e. The summed E-state index contributed by atoms with van der Waals surface area (Å²) in [6.45, 7) is 10.7. The second kappa shape index (κ2) is 31.3. The number of ketones is 3. The number of carbonyl (C=O) groups excluding carboxylic acids is 6. The lowest BCUT2D eigenvalue weighted by Crippen LogP contribution is -2.61. The third kappa shape index (κ3) is 18.2. The number of sulfonamides is 1. The number of esters is 2. The van der Waals surface area contributed by atoms with Crippen LogP contribution in [0.1, 0.15) is 126 Å². The van der Waals surface area contributed by atoms with Gasteiger partial charge in [-0.25, -0.2) is 13.2 Å². The van der Waals surface area contributed by atoms with Gasteiger partial charge in [0.1, 0.15) is 36.2 Å². The van der Waals surface area contributed by atoms with Crippen LogP contribution in [-0.4, -0.2) is 188 Å². The molecule has 2 saturated heterocycles. The van der Waals surface area contributed by atoms with E-state index < -0.39 is 131 Å². The molecule has 15 atom stereocenters. The van der Waals surface area contributed by atoms with E-state index in [1.165, 1.54) is 14.2 Å². The lowest BCUT2D eigenvalue weighted by molar-refractivity contribution is -0.265. The van der Waals surface area contributed by atoms with E-state index >= 15 is 0 Å². The molecule has 4 rings (SSSR count). The summed E-state index contributed by atoms with van der Waals surface area (Å²) in [5, 5.41) is 42.2. The second-order valence-electron chi connectivity index (χ2n) is 22.2. The highest BCUT2D eigenvalue weighted by molar-refractivity contribution is 7.89. The Morgan fingerprint density at radius 2 is 1.55 bits per heavy atom. The zero-order valence-corrected chi connectivity index (χ0v) is 48.4. The Hall–Kier alpha value is -4.03. The molecular formula is C57H90N2O18S. The number of nitrogens with zero attached hydrogens (tertiary/aromatic N) is 2. The minimum absolute atomic E-state index is 0.0175. The van der Waals surface area contributed by atoms with Gasteiger partial charge in [0.05, 0.1) is 31.5 Å². The lowest BCUT2D eigenvalue weighted by atomic mass is 9.78. The van der Waals surface area contributed by atoms with Crippen molar-refractivity contribution in [2.75, 3.05) is 59.9 Å². The molecule has 0 aromatic heterocycles. The van der Waals surface area contributed by atoms with Crippen LogP contribution in [0.5, 0.6) is 0 Å². The predicted octanol–water partition coefficient (Wildman–Crippen LogP) is 4.35. The Morgan fingerprint density at radius 3 is 2.19 bits per heavy atom. The fourth-order valence-electron chi connectivity index (χ4n) is 11.3. The van der Waals surface area contributed by atoms with Crippen LogP contribution in [0.3, 0.4) is 0 Å². The van der Waals surface area contributed by atoms with Crippen molar-refractivity contribution in [2.45, 2.75) is 180 Å². The highest BCUT2D eigenvalue weighted by Crippen LogP contribution is 2.38. The average molecular weight is 1120 g/mol. The minimum atomic E-state index is -4.22. The fraction of sp³-hybridized carbons (Fsp3) is 0.754. The Labute approximate surface area is 462 Å². The molecule has 3 fully saturated rings. The average Bonchev–Trinajstić information content (AvgIpc) is 3.40. The first kappa shape index (κ1) is 66.5. The van der Waals surface area contributed by atoms with Gasteiger partial charge in [0.2, 0.25) is 15.8 Å². The maximum absolute atomic E-state index is 14.6. The lowest BCUT2D eigenvalue weighted by Gasteiger charge is -2.42. The number of Topliss-reactive ketones (excluding diaryl/α,β-unsaturated/α-hetero) is 3. The zero-order valence-electron chi connectivity index (χ0n) is 47.6. The van der Waals surface area contributed by atoms with E-state index in [-0.39, 0.29) is 68.7 Å². The van der Waals surface area contributed by atoms with Crippen molar-refractivity contribution >= 4 is 45.2 Å². The predicted molar refractivity (Wildman–Crippen MR) is 289 cm³/mol. The van der Waals surface area contributed by atoms with E-state index in [2.05, 4.69) is 0 Å². The molecule has 2 bridgehead atoms. The van der Waals surface area contributed by atoms with Crippen molar-refractivity contribution < 1.29 is 86.0 Å². The summed E-state index contributed by atoms with van der Waals surface area (Å²) in [7, 11) is 0.116. The van der Waals surface area contributed by atoms with E-state index in [1.54, 1.807) is 40.9 Å². The molecule has 0 unspecified atom stereocenters. The SMILES string of the molecule is CO[C@H]1C[C@@H]2CC[C@@H](C)[C@@](O)(O2)C(=O)C(=O)N2CCCC[C@H]2C(=O)O[C@H]([C@H](C)C[C@@H]2CC[C@@H](OC(=O)CS(=O)(=O)N(CCO)CCO)[C@H](OC)C2)CC(=O)[C@H](C)/C=C(\C)[C@@H](O)[C@@H](OC)C(=O)[C@H](C)C[C@H](C)/C=C/C=C/C=C/1C. The van der Waals surface area contributed by atoms with Crippen molar-refractivity contribution in [3.63, 3.8) is 0 Å². The van der Waals surface area contributed by atoms with E-state index in [1.807, 2.05) is 51.2 Å². The van der Waals surface area contributed by atoms with Crippen molar-refractivity contribution in [2.24, 2.45) is 35.5 Å². The standard InChI is InChI=1S/C57H90N2O18S/c1-35-16-12-11-13-17-36(2)47(72-8)32-43-21-19-41(7)57(69,77-43)54(66)55(67)59-23-15-14-18-44(59)56(68)76-48(33-45(62)37(3)29-40(6)52(65)53(74-10)51(64)39(5)28-35)38(4)30-42-20-22-46(49(31-42)73-9)75-50(63)34-78(70,71)58(24-26-60)25-27-61/h11-13,16-17,29,35,37-39,41-44,46-49,52-53,60-61,65,69H,14-15,18-28,30-34H2,1-10H3/b13-11+,16-12+,36-17+,40-29+/t35-,37-,38-,39-,41-,42+,43+,44+,46-,47+,48+,49-,52-,53+,57-/m1/s1. The molecule has 4 N–H and O–H groups in total. The number of aliphatic hydroxyl groups is 4. The topological polar surface area (TPSA) is 279 Å². The summed E-state index contributed by atoms with van der Waals surface area (Å²) in [4.78, 5) is 85.6. The summed E-state index contributed by atoms with van der Waals surface area (Å²) < 4.78 is 62.0. The van der Waals surface area contributed by atoms with Gasteiger partial charge in [-0.3, -0.25) is 24.0 Å². The molecule has 1 aliphatic carbocycles. The first-order valence-electron chi connectivity index (χ1n) is 27.7. The van der Waals surface area contributed by atoms with Crippen LogP contribution in [0.2, 0.25) is 0 Å². The summed E-state index contributed by atoms with van der Waals surface area (Å²) in [5.74, 6) is -11.1. The van der Waals surface area contributed by atoms with Crippen LogP contribution >= 0.6 is 0 Å². The molecule has 1 amide bonds. The Bertz CT molecular complexity index is 2260.